The summed E-state index contributed by atoms with van der Waals surface area (Å²) in [7, 11) is 4.70. The zero-order chi connectivity index (χ0) is 19.8. The van der Waals surface area contributed by atoms with E-state index in [1.807, 2.05) is 19.1 Å². The molecular formula is C22H27NO4. The number of carbonyl (C=O) groups excluding carboxylic acids is 1. The van der Waals surface area contributed by atoms with Crippen LogP contribution in [0, 0.1) is 0 Å². The Hall–Kier alpha value is -2.95. The third-order valence-electron chi connectivity index (χ3n) is 4.40. The molecule has 1 atom stereocenters. The molecule has 0 radical (unpaired) electrons. The molecule has 0 saturated carbocycles. The summed E-state index contributed by atoms with van der Waals surface area (Å²) >= 11 is 0. The van der Waals surface area contributed by atoms with Crippen molar-refractivity contribution in [1.82, 2.24) is 5.32 Å². The van der Waals surface area contributed by atoms with Crippen molar-refractivity contribution in [3.63, 3.8) is 0 Å². The minimum atomic E-state index is -0.182. The van der Waals surface area contributed by atoms with E-state index in [0.717, 1.165) is 17.5 Å². The van der Waals surface area contributed by atoms with Gasteiger partial charge in [-0.2, -0.15) is 0 Å². The summed E-state index contributed by atoms with van der Waals surface area (Å²) in [6.07, 6.45) is 4.18. The van der Waals surface area contributed by atoms with E-state index in [1.54, 1.807) is 39.5 Å². The van der Waals surface area contributed by atoms with Gasteiger partial charge in [0.1, 0.15) is 5.75 Å². The van der Waals surface area contributed by atoms with Crippen LogP contribution in [0.5, 0.6) is 17.2 Å². The lowest BCUT2D eigenvalue weighted by molar-refractivity contribution is -0.117. The summed E-state index contributed by atoms with van der Waals surface area (Å²) in [6.45, 7) is 4.08. The summed E-state index contributed by atoms with van der Waals surface area (Å²) in [4.78, 5) is 12.3. The number of hydrogen-bond donors (Lipinski definition) is 1. The van der Waals surface area contributed by atoms with E-state index in [4.69, 9.17) is 14.2 Å². The minimum absolute atomic E-state index is 0.0830. The standard InChI is InChI=1S/C22H27NO4/c1-6-16-7-9-17(10-8-16)15(2)23-22(24)12-11-18-13-20(26-4)21(27-5)14-19(18)25-3/h7-15H,6H2,1-5H3,(H,23,24)/b12-11+/t15-/m0/s1. The average molecular weight is 369 g/mol. The molecule has 0 saturated heterocycles. The van der Waals surface area contributed by atoms with Crippen molar-refractivity contribution in [1.29, 1.82) is 0 Å². The van der Waals surface area contributed by atoms with Gasteiger partial charge in [-0.25, -0.2) is 0 Å². The van der Waals surface area contributed by atoms with Crippen molar-refractivity contribution < 1.29 is 19.0 Å². The van der Waals surface area contributed by atoms with Gasteiger partial charge in [0.15, 0.2) is 11.5 Å². The number of amides is 1. The summed E-state index contributed by atoms with van der Waals surface area (Å²) in [5.74, 6) is 1.56. The minimum Gasteiger partial charge on any atom is -0.496 e. The van der Waals surface area contributed by atoms with Gasteiger partial charge in [0.25, 0.3) is 0 Å². The number of nitrogens with one attached hydrogen (secondary N) is 1. The molecule has 0 unspecified atom stereocenters. The average Bonchev–Trinajstić information content (AvgIpc) is 2.71. The Kier molecular flexibility index (Phi) is 7.29. The van der Waals surface area contributed by atoms with Crippen LogP contribution in [0.25, 0.3) is 6.08 Å². The number of aryl methyl sites for hydroxylation is 1. The summed E-state index contributed by atoms with van der Waals surface area (Å²) in [6, 6.07) is 11.7. The van der Waals surface area contributed by atoms with Crippen LogP contribution in [0.1, 0.15) is 36.6 Å². The van der Waals surface area contributed by atoms with Crippen molar-refractivity contribution >= 4 is 12.0 Å². The molecule has 0 aliphatic heterocycles. The molecule has 0 aliphatic rings. The number of methoxy groups -OCH3 is 3. The maximum Gasteiger partial charge on any atom is 0.244 e. The van der Waals surface area contributed by atoms with Gasteiger partial charge in [-0.3, -0.25) is 4.79 Å². The molecule has 0 aromatic heterocycles. The van der Waals surface area contributed by atoms with Gasteiger partial charge in [-0.15, -0.1) is 0 Å². The highest BCUT2D eigenvalue weighted by molar-refractivity contribution is 5.92. The molecule has 0 fully saturated rings. The van der Waals surface area contributed by atoms with Gasteiger partial charge in [0.2, 0.25) is 5.91 Å². The zero-order valence-corrected chi connectivity index (χ0v) is 16.5. The first-order chi connectivity index (χ1) is 13.0. The van der Waals surface area contributed by atoms with E-state index in [0.29, 0.717) is 17.2 Å². The maximum absolute atomic E-state index is 12.3. The zero-order valence-electron chi connectivity index (χ0n) is 16.5. The number of benzene rings is 2. The molecule has 1 N–H and O–H groups in total. The van der Waals surface area contributed by atoms with Crippen molar-refractivity contribution in [2.75, 3.05) is 21.3 Å². The number of rotatable bonds is 8. The molecule has 5 nitrogen and oxygen atoms in total. The topological polar surface area (TPSA) is 56.8 Å². The van der Waals surface area contributed by atoms with E-state index in [2.05, 4.69) is 24.4 Å². The molecule has 1 amide bonds. The maximum atomic E-state index is 12.3. The van der Waals surface area contributed by atoms with E-state index in [-0.39, 0.29) is 11.9 Å². The Morgan fingerprint density at radius 1 is 1.00 bits per heavy atom. The Morgan fingerprint density at radius 2 is 1.59 bits per heavy atom. The van der Waals surface area contributed by atoms with E-state index >= 15 is 0 Å². The SMILES string of the molecule is CCc1ccc([C@H](C)NC(=O)/C=C/c2cc(OC)c(OC)cc2OC)cc1. The van der Waals surface area contributed by atoms with Gasteiger partial charge >= 0.3 is 0 Å². The van der Waals surface area contributed by atoms with Crippen molar-refractivity contribution in [2.24, 2.45) is 0 Å². The van der Waals surface area contributed by atoms with E-state index < -0.39 is 0 Å². The van der Waals surface area contributed by atoms with Crippen LogP contribution in [0.15, 0.2) is 42.5 Å². The van der Waals surface area contributed by atoms with E-state index in [1.165, 1.54) is 11.6 Å². The van der Waals surface area contributed by atoms with Crippen molar-refractivity contribution in [2.45, 2.75) is 26.3 Å². The first-order valence-corrected chi connectivity index (χ1v) is 8.89. The van der Waals surface area contributed by atoms with Crippen LogP contribution in [0.2, 0.25) is 0 Å². The summed E-state index contributed by atoms with van der Waals surface area (Å²) < 4.78 is 16.0. The highest BCUT2D eigenvalue weighted by Gasteiger charge is 2.11. The predicted molar refractivity (Wildman–Crippen MR) is 108 cm³/mol. The lowest BCUT2D eigenvalue weighted by Crippen LogP contribution is -2.24. The largest absolute Gasteiger partial charge is 0.496 e. The van der Waals surface area contributed by atoms with Crippen LogP contribution in [0.3, 0.4) is 0 Å². The highest BCUT2D eigenvalue weighted by atomic mass is 16.5. The number of carbonyl (C=O) groups is 1. The third kappa shape index (κ3) is 5.26. The molecular weight excluding hydrogens is 342 g/mol. The molecule has 2 rings (SSSR count). The van der Waals surface area contributed by atoms with Gasteiger partial charge < -0.3 is 19.5 Å². The van der Waals surface area contributed by atoms with Gasteiger partial charge in [-0.05, 0) is 36.6 Å². The first kappa shape index (κ1) is 20.4. The van der Waals surface area contributed by atoms with Gasteiger partial charge in [0.05, 0.1) is 27.4 Å². The molecule has 2 aromatic rings. The number of ether oxygens (including phenoxy) is 3. The smallest absolute Gasteiger partial charge is 0.244 e. The lowest BCUT2D eigenvalue weighted by atomic mass is 10.0. The lowest BCUT2D eigenvalue weighted by Gasteiger charge is -2.14. The molecule has 5 heteroatoms. The second kappa shape index (κ2) is 9.67. The molecule has 0 heterocycles. The van der Waals surface area contributed by atoms with Crippen LogP contribution in [-0.4, -0.2) is 27.2 Å². The fourth-order valence-electron chi connectivity index (χ4n) is 2.74. The summed E-state index contributed by atoms with van der Waals surface area (Å²) in [5, 5.41) is 2.97. The predicted octanol–water partition coefficient (Wildman–Crippen LogP) is 4.17. The highest BCUT2D eigenvalue weighted by Crippen LogP contribution is 2.35. The Morgan fingerprint density at radius 3 is 2.15 bits per heavy atom. The van der Waals surface area contributed by atoms with Crippen LogP contribution in [0.4, 0.5) is 0 Å². The molecule has 0 spiro atoms. The quantitative estimate of drug-likeness (QED) is 0.710. The Balaban J connectivity index is 2.11. The van der Waals surface area contributed by atoms with Crippen molar-refractivity contribution in [3.8, 4) is 17.2 Å². The Labute approximate surface area is 161 Å². The van der Waals surface area contributed by atoms with Gasteiger partial charge in [-0.1, -0.05) is 31.2 Å². The summed E-state index contributed by atoms with van der Waals surface area (Å²) in [5.41, 5.74) is 3.07. The fourth-order valence-corrected chi connectivity index (χ4v) is 2.74. The molecule has 0 bridgehead atoms. The van der Waals surface area contributed by atoms with E-state index in [9.17, 15) is 4.79 Å². The van der Waals surface area contributed by atoms with Gasteiger partial charge in [0, 0.05) is 17.7 Å². The van der Waals surface area contributed by atoms with Crippen molar-refractivity contribution in [3.05, 3.63) is 59.2 Å². The van der Waals surface area contributed by atoms with Crippen LogP contribution < -0.4 is 19.5 Å². The normalized spacial score (nSPS) is 11.9. The fraction of sp³-hybridized carbons (Fsp3) is 0.318. The molecule has 144 valence electrons. The second-order valence-electron chi connectivity index (χ2n) is 6.11. The number of hydrogen-bond acceptors (Lipinski definition) is 4. The van der Waals surface area contributed by atoms with Crippen LogP contribution >= 0.6 is 0 Å². The second-order valence-corrected chi connectivity index (χ2v) is 6.11. The molecule has 0 aliphatic carbocycles. The Bertz CT molecular complexity index is 797. The molecule has 2 aromatic carbocycles. The van der Waals surface area contributed by atoms with Crippen LogP contribution in [-0.2, 0) is 11.2 Å². The first-order valence-electron chi connectivity index (χ1n) is 8.89. The molecule has 27 heavy (non-hydrogen) atoms. The third-order valence-corrected chi connectivity index (χ3v) is 4.40. The monoisotopic (exact) mass is 369 g/mol.